The Morgan fingerprint density at radius 1 is 1.19 bits per heavy atom. The zero-order chi connectivity index (χ0) is 15.4. The second-order valence-corrected chi connectivity index (χ2v) is 4.74. The third-order valence-corrected chi connectivity index (χ3v) is 3.39. The first-order valence-corrected chi connectivity index (χ1v) is 6.94. The first kappa shape index (κ1) is 15.6. The van der Waals surface area contributed by atoms with E-state index in [2.05, 4.69) is 10.3 Å². The van der Waals surface area contributed by atoms with E-state index in [4.69, 9.17) is 0 Å². The second-order valence-electron chi connectivity index (χ2n) is 4.74. The summed E-state index contributed by atoms with van der Waals surface area (Å²) in [5, 5.41) is 3.15. The van der Waals surface area contributed by atoms with Crippen molar-refractivity contribution in [2.24, 2.45) is 0 Å². The van der Waals surface area contributed by atoms with E-state index in [1.165, 1.54) is 0 Å². The first-order chi connectivity index (χ1) is 10.1. The zero-order valence-corrected chi connectivity index (χ0v) is 12.0. The second kappa shape index (κ2) is 6.76. The van der Waals surface area contributed by atoms with Gasteiger partial charge in [0, 0.05) is 31.4 Å². The third kappa shape index (κ3) is 3.44. The summed E-state index contributed by atoms with van der Waals surface area (Å²) in [6.07, 6.45) is 4.01. The average Bonchev–Trinajstić information content (AvgIpc) is 2.91. The number of nitrogens with one attached hydrogen (secondary N) is 1. The molecule has 0 aliphatic carbocycles. The Balaban J connectivity index is 2.31. The molecule has 0 fully saturated rings. The van der Waals surface area contributed by atoms with E-state index in [0.717, 1.165) is 24.5 Å². The summed E-state index contributed by atoms with van der Waals surface area (Å²) in [4.78, 5) is 4.26. The summed E-state index contributed by atoms with van der Waals surface area (Å²) >= 11 is 0. The molecule has 114 valence electrons. The summed E-state index contributed by atoms with van der Waals surface area (Å²) in [5.74, 6) is -2.98. The van der Waals surface area contributed by atoms with Gasteiger partial charge in [0.05, 0.1) is 0 Å². The Kier molecular flexibility index (Phi) is 5.01. The van der Waals surface area contributed by atoms with Crippen LogP contribution in [-0.4, -0.2) is 16.1 Å². The molecule has 0 aliphatic rings. The molecular formula is C15H18F3N3. The van der Waals surface area contributed by atoms with Crippen molar-refractivity contribution in [3.05, 3.63) is 53.4 Å². The van der Waals surface area contributed by atoms with Gasteiger partial charge in [0.1, 0.15) is 5.82 Å². The fourth-order valence-electron chi connectivity index (χ4n) is 2.33. The maximum atomic E-state index is 13.4. The van der Waals surface area contributed by atoms with Crippen molar-refractivity contribution in [1.82, 2.24) is 14.9 Å². The molecule has 0 bridgehead atoms. The summed E-state index contributed by atoms with van der Waals surface area (Å²) in [6.45, 7) is 5.28. The van der Waals surface area contributed by atoms with Crippen LogP contribution in [0.15, 0.2) is 24.5 Å². The van der Waals surface area contributed by atoms with Gasteiger partial charge in [-0.1, -0.05) is 6.92 Å². The number of halogens is 3. The fourth-order valence-corrected chi connectivity index (χ4v) is 2.33. The Labute approximate surface area is 121 Å². The van der Waals surface area contributed by atoms with Crippen LogP contribution >= 0.6 is 0 Å². The van der Waals surface area contributed by atoms with Gasteiger partial charge in [-0.15, -0.1) is 0 Å². The minimum Gasteiger partial charge on any atom is -0.335 e. The predicted octanol–water partition coefficient (Wildman–Crippen LogP) is 3.21. The number of likely N-dealkylation sites (N-methyl/N-ethyl adjacent to an activating group) is 1. The molecule has 0 saturated carbocycles. The Hall–Kier alpha value is -1.82. The molecular weight excluding hydrogens is 279 g/mol. The largest absolute Gasteiger partial charge is 0.335 e. The molecule has 0 radical (unpaired) electrons. The Morgan fingerprint density at radius 3 is 2.43 bits per heavy atom. The van der Waals surface area contributed by atoms with E-state index < -0.39 is 17.5 Å². The van der Waals surface area contributed by atoms with Gasteiger partial charge in [0.2, 0.25) is 0 Å². The summed E-state index contributed by atoms with van der Waals surface area (Å²) in [6, 6.07) is 1.74. The number of nitrogens with zero attached hydrogens (tertiary/aromatic N) is 2. The van der Waals surface area contributed by atoms with Crippen molar-refractivity contribution < 1.29 is 13.2 Å². The van der Waals surface area contributed by atoms with E-state index in [0.29, 0.717) is 18.5 Å². The van der Waals surface area contributed by atoms with Gasteiger partial charge in [0.25, 0.3) is 0 Å². The molecule has 0 saturated heterocycles. The van der Waals surface area contributed by atoms with Gasteiger partial charge in [0.15, 0.2) is 17.5 Å². The molecule has 6 heteroatoms. The zero-order valence-electron chi connectivity index (χ0n) is 12.0. The maximum absolute atomic E-state index is 13.4. The van der Waals surface area contributed by atoms with Gasteiger partial charge in [-0.3, -0.25) is 0 Å². The molecule has 3 nitrogen and oxygen atoms in total. The van der Waals surface area contributed by atoms with E-state index in [1.807, 2.05) is 24.6 Å². The minimum absolute atomic E-state index is 0.327. The van der Waals surface area contributed by atoms with Gasteiger partial charge < -0.3 is 9.88 Å². The Bertz CT molecular complexity index is 587. The van der Waals surface area contributed by atoms with Crippen LogP contribution in [0.4, 0.5) is 13.2 Å². The molecule has 1 aromatic carbocycles. The molecule has 1 atom stereocenters. The standard InChI is InChI=1S/C15H18F3N3/c1-3-19-13(9-14-20-5-6-21(14)4-2)10-7-11(16)15(18)12(17)8-10/h5-8,13,19H,3-4,9H2,1-2H3. The van der Waals surface area contributed by atoms with Crippen LogP contribution in [0.3, 0.4) is 0 Å². The summed E-state index contributed by atoms with van der Waals surface area (Å²) < 4.78 is 41.8. The van der Waals surface area contributed by atoms with Crippen LogP contribution in [0.2, 0.25) is 0 Å². The minimum atomic E-state index is -1.44. The van der Waals surface area contributed by atoms with Gasteiger partial charge in [-0.25, -0.2) is 18.2 Å². The molecule has 0 spiro atoms. The van der Waals surface area contributed by atoms with Crippen molar-refractivity contribution in [2.75, 3.05) is 6.54 Å². The lowest BCUT2D eigenvalue weighted by Crippen LogP contribution is -2.24. The van der Waals surface area contributed by atoms with Crippen LogP contribution in [0, 0.1) is 17.5 Å². The molecule has 1 unspecified atom stereocenters. The smallest absolute Gasteiger partial charge is 0.194 e. The highest BCUT2D eigenvalue weighted by Gasteiger charge is 2.19. The van der Waals surface area contributed by atoms with Gasteiger partial charge in [-0.2, -0.15) is 0 Å². The number of benzene rings is 1. The number of imidazole rings is 1. The third-order valence-electron chi connectivity index (χ3n) is 3.39. The number of hydrogen-bond acceptors (Lipinski definition) is 2. The average molecular weight is 297 g/mol. The molecule has 0 aliphatic heterocycles. The van der Waals surface area contributed by atoms with E-state index in [1.54, 1.807) is 6.20 Å². The highest BCUT2D eigenvalue weighted by atomic mass is 19.2. The van der Waals surface area contributed by atoms with Crippen LogP contribution in [0.5, 0.6) is 0 Å². The molecule has 1 aromatic heterocycles. The lowest BCUT2D eigenvalue weighted by Gasteiger charge is -2.19. The molecule has 1 N–H and O–H groups in total. The summed E-state index contributed by atoms with van der Waals surface area (Å²) in [5.41, 5.74) is 0.374. The highest BCUT2D eigenvalue weighted by Crippen LogP contribution is 2.22. The van der Waals surface area contributed by atoms with Crippen molar-refractivity contribution in [1.29, 1.82) is 0 Å². The fraction of sp³-hybridized carbons (Fsp3) is 0.400. The lowest BCUT2D eigenvalue weighted by molar-refractivity contribution is 0.438. The number of rotatable bonds is 6. The Morgan fingerprint density at radius 2 is 1.86 bits per heavy atom. The SMILES string of the molecule is CCNC(Cc1nccn1CC)c1cc(F)c(F)c(F)c1. The van der Waals surface area contributed by atoms with Crippen LogP contribution in [-0.2, 0) is 13.0 Å². The van der Waals surface area contributed by atoms with Crippen molar-refractivity contribution in [3.63, 3.8) is 0 Å². The molecule has 0 amide bonds. The molecule has 2 aromatic rings. The highest BCUT2D eigenvalue weighted by molar-refractivity contribution is 5.23. The van der Waals surface area contributed by atoms with Crippen molar-refractivity contribution >= 4 is 0 Å². The van der Waals surface area contributed by atoms with Crippen LogP contribution in [0.25, 0.3) is 0 Å². The number of aryl methyl sites for hydroxylation is 1. The van der Waals surface area contributed by atoms with Gasteiger partial charge in [-0.05, 0) is 31.2 Å². The maximum Gasteiger partial charge on any atom is 0.194 e. The van der Waals surface area contributed by atoms with Crippen molar-refractivity contribution in [2.45, 2.75) is 32.9 Å². The summed E-state index contributed by atoms with van der Waals surface area (Å²) in [7, 11) is 0. The van der Waals surface area contributed by atoms with E-state index in [-0.39, 0.29) is 6.04 Å². The van der Waals surface area contributed by atoms with Crippen molar-refractivity contribution in [3.8, 4) is 0 Å². The van der Waals surface area contributed by atoms with Gasteiger partial charge >= 0.3 is 0 Å². The number of aromatic nitrogens is 2. The van der Waals surface area contributed by atoms with E-state index in [9.17, 15) is 13.2 Å². The molecule has 21 heavy (non-hydrogen) atoms. The first-order valence-electron chi connectivity index (χ1n) is 6.94. The topological polar surface area (TPSA) is 29.9 Å². The molecule has 1 heterocycles. The van der Waals surface area contributed by atoms with Crippen LogP contribution in [0.1, 0.15) is 31.3 Å². The quantitative estimate of drug-likeness (QED) is 0.830. The molecule has 2 rings (SSSR count). The number of hydrogen-bond donors (Lipinski definition) is 1. The lowest BCUT2D eigenvalue weighted by atomic mass is 10.0. The van der Waals surface area contributed by atoms with Crippen LogP contribution < -0.4 is 5.32 Å². The van der Waals surface area contributed by atoms with E-state index >= 15 is 0 Å². The monoisotopic (exact) mass is 297 g/mol. The predicted molar refractivity (Wildman–Crippen MR) is 74.3 cm³/mol. The normalized spacial score (nSPS) is 12.6.